The average molecular weight is 891 g/mol. The van der Waals surface area contributed by atoms with Crippen molar-refractivity contribution in [3.05, 3.63) is 53.9 Å². The molecular weight excluding hydrogens is 833 g/mol. The number of methoxy groups -OCH3 is 1. The molecule has 2 aliphatic carbocycles. The second-order valence-corrected chi connectivity index (χ2v) is 20.0. The molecular formula is C44H58N8O10S. The molecule has 1 unspecified atom stereocenters. The fraction of sp³-hybridized carbons (Fsp3) is 0.568. The van der Waals surface area contributed by atoms with Crippen molar-refractivity contribution < 1.29 is 46.6 Å². The minimum Gasteiger partial charge on any atom is -0.496 e. The van der Waals surface area contributed by atoms with Gasteiger partial charge in [-0.05, 0) is 84.4 Å². The van der Waals surface area contributed by atoms with Gasteiger partial charge in [0.05, 0.1) is 30.0 Å². The molecule has 0 spiro atoms. The van der Waals surface area contributed by atoms with Crippen LogP contribution in [-0.2, 0) is 35.7 Å². The number of ether oxygens (including phenoxy) is 3. The lowest BCUT2D eigenvalue weighted by Crippen LogP contribution is -2.58. The molecule has 7 rings (SSSR count). The smallest absolute Gasteiger partial charge is 0.272 e. The number of allylic oxidation sites excluding steroid dienone is 1. The highest BCUT2D eigenvalue weighted by Crippen LogP contribution is 2.47. The lowest BCUT2D eigenvalue weighted by Gasteiger charge is -2.30. The maximum absolute atomic E-state index is 14.9. The zero-order valence-corrected chi connectivity index (χ0v) is 37.7. The van der Waals surface area contributed by atoms with Crippen molar-refractivity contribution >= 4 is 50.5 Å². The van der Waals surface area contributed by atoms with Crippen LogP contribution >= 0.6 is 0 Å². The Hall–Kier alpha value is -5.72. The molecule has 3 N–H and O–H groups in total. The van der Waals surface area contributed by atoms with E-state index < -0.39 is 68.0 Å². The number of rotatable bonds is 12. The van der Waals surface area contributed by atoms with Gasteiger partial charge >= 0.3 is 0 Å². The second kappa shape index (κ2) is 17.8. The third-order valence-electron chi connectivity index (χ3n) is 12.4. The van der Waals surface area contributed by atoms with Crippen LogP contribution in [0.2, 0.25) is 0 Å². The normalized spacial score (nSPS) is 25.1. The number of hydrogen-bond acceptors (Lipinski definition) is 12. The van der Waals surface area contributed by atoms with E-state index in [4.69, 9.17) is 19.2 Å². The van der Waals surface area contributed by atoms with Crippen LogP contribution in [0.3, 0.4) is 0 Å². The lowest BCUT2D eigenvalue weighted by atomic mass is 10.0. The molecule has 1 aromatic carbocycles. The Morgan fingerprint density at radius 1 is 1.08 bits per heavy atom. The van der Waals surface area contributed by atoms with Crippen LogP contribution in [0.1, 0.15) is 94.6 Å². The summed E-state index contributed by atoms with van der Waals surface area (Å²) in [5.74, 6) is -2.04. The van der Waals surface area contributed by atoms with Gasteiger partial charge in [-0.15, -0.1) is 0 Å². The van der Waals surface area contributed by atoms with Gasteiger partial charge in [-0.25, -0.2) is 13.4 Å². The number of carbonyl (C=O) groups is 5. The fourth-order valence-corrected chi connectivity index (χ4v) is 9.50. The molecule has 4 aliphatic rings. The fourth-order valence-electron chi connectivity index (χ4n) is 8.19. The summed E-state index contributed by atoms with van der Waals surface area (Å²) in [6.45, 7) is 7.05. The molecule has 0 bridgehead atoms. The van der Waals surface area contributed by atoms with E-state index in [1.54, 1.807) is 40.3 Å². The van der Waals surface area contributed by atoms with E-state index >= 15 is 0 Å². The Labute approximate surface area is 367 Å². The molecule has 340 valence electrons. The predicted molar refractivity (Wildman–Crippen MR) is 231 cm³/mol. The van der Waals surface area contributed by atoms with Gasteiger partial charge in [0, 0.05) is 49.6 Å². The SMILES string of the molecule is COc1ccc2c(O[C@@H]3C[C@H]4C(=O)N[C@]5(C(=O)NS(=O)(=O)C6(C)CC6)CC5/C=C\CCCCC[C@H](NC(=O)c5ccn(CC(=O)N(C)C)n5)C(=O)N4C3)cc(OC(C)C)nc2c1C. The van der Waals surface area contributed by atoms with Crippen molar-refractivity contribution in [2.75, 3.05) is 27.7 Å². The number of nitrogens with zero attached hydrogens (tertiary/aromatic N) is 5. The Morgan fingerprint density at radius 2 is 1.84 bits per heavy atom. The minimum atomic E-state index is -4.04. The van der Waals surface area contributed by atoms with E-state index in [1.807, 2.05) is 39.0 Å². The lowest BCUT2D eigenvalue weighted by molar-refractivity contribution is -0.141. The maximum Gasteiger partial charge on any atom is 0.272 e. The van der Waals surface area contributed by atoms with Gasteiger partial charge < -0.3 is 34.6 Å². The summed E-state index contributed by atoms with van der Waals surface area (Å²) in [6, 6.07) is 4.48. The quantitative estimate of drug-likeness (QED) is 0.224. The van der Waals surface area contributed by atoms with Crippen LogP contribution in [-0.4, -0.2) is 125 Å². The summed E-state index contributed by atoms with van der Waals surface area (Å²) in [5.41, 5.74) is -0.229. The van der Waals surface area contributed by atoms with Crippen LogP contribution < -0.4 is 29.6 Å². The number of hydrogen-bond donors (Lipinski definition) is 3. The van der Waals surface area contributed by atoms with Gasteiger partial charge in [-0.1, -0.05) is 25.0 Å². The minimum absolute atomic E-state index is 0.00352. The first kappa shape index (κ1) is 45.3. The van der Waals surface area contributed by atoms with Gasteiger partial charge in [0.1, 0.15) is 47.5 Å². The first-order valence-corrected chi connectivity index (χ1v) is 23.0. The van der Waals surface area contributed by atoms with Gasteiger partial charge in [0.15, 0.2) is 0 Å². The summed E-state index contributed by atoms with van der Waals surface area (Å²) < 4.78 is 47.4. The molecule has 3 aromatic rings. The molecule has 3 fully saturated rings. The van der Waals surface area contributed by atoms with Crippen molar-refractivity contribution in [1.29, 1.82) is 0 Å². The van der Waals surface area contributed by atoms with E-state index in [0.717, 1.165) is 12.0 Å². The molecule has 4 heterocycles. The molecule has 19 heteroatoms. The van der Waals surface area contributed by atoms with E-state index in [9.17, 15) is 32.4 Å². The number of aryl methyl sites for hydroxylation is 1. The Balaban J connectivity index is 1.22. The highest BCUT2D eigenvalue weighted by atomic mass is 32.2. The molecule has 5 atom stereocenters. The molecule has 63 heavy (non-hydrogen) atoms. The van der Waals surface area contributed by atoms with Gasteiger partial charge in [-0.2, -0.15) is 5.10 Å². The third-order valence-corrected chi connectivity index (χ3v) is 14.6. The molecule has 0 radical (unpaired) electrons. The van der Waals surface area contributed by atoms with Crippen molar-refractivity contribution in [3.63, 3.8) is 0 Å². The van der Waals surface area contributed by atoms with Crippen LogP contribution in [0.15, 0.2) is 42.6 Å². The zero-order chi connectivity index (χ0) is 45.4. The number of amides is 5. The first-order valence-electron chi connectivity index (χ1n) is 21.6. The molecule has 2 aromatic heterocycles. The molecule has 2 saturated carbocycles. The standard InChI is InChI=1S/C44H58N8O10S/c1-26(2)61-36-22-35(30-15-16-34(60-7)27(3)38(30)46-36)62-29-21-33-40(55)47-44(42(57)49-63(58,59)43(4)18-19-43)23-28(44)13-11-9-8-10-12-14-32(41(56)52(33)24-29)45-39(54)31-17-20-51(48-31)25-37(53)50(5)6/h11,13,15-17,20,22,26,28-29,32-33H,8-10,12,14,18-19,21,23-25H2,1-7H3,(H,45,54)(H,47,55)(H,49,57)/b13-11-/t28?,29-,32+,33+,44-/m1/s1. The number of aromatic nitrogens is 3. The van der Waals surface area contributed by atoms with E-state index in [0.29, 0.717) is 60.4 Å². The van der Waals surface area contributed by atoms with E-state index in [1.165, 1.54) is 26.7 Å². The largest absolute Gasteiger partial charge is 0.496 e. The number of sulfonamides is 1. The highest BCUT2D eigenvalue weighted by Gasteiger charge is 2.63. The molecule has 2 aliphatic heterocycles. The summed E-state index contributed by atoms with van der Waals surface area (Å²) in [5, 5.41) is 10.7. The number of likely N-dealkylation sites (N-methyl/N-ethyl adjacent to an activating group) is 1. The van der Waals surface area contributed by atoms with Crippen molar-refractivity contribution in [3.8, 4) is 17.4 Å². The van der Waals surface area contributed by atoms with Gasteiger partial charge in [-0.3, -0.25) is 33.4 Å². The molecule has 5 amide bonds. The summed E-state index contributed by atoms with van der Waals surface area (Å²) >= 11 is 0. The van der Waals surface area contributed by atoms with E-state index in [-0.39, 0.29) is 50.1 Å². The average Bonchev–Trinajstić information content (AvgIpc) is 4.01. The van der Waals surface area contributed by atoms with Crippen LogP contribution in [0.4, 0.5) is 0 Å². The third kappa shape index (κ3) is 9.62. The Kier molecular flexibility index (Phi) is 12.8. The van der Waals surface area contributed by atoms with Crippen LogP contribution in [0.25, 0.3) is 10.9 Å². The summed E-state index contributed by atoms with van der Waals surface area (Å²) in [6.07, 6.45) is 8.25. The number of fused-ring (bicyclic) bond motifs is 3. The van der Waals surface area contributed by atoms with Crippen LogP contribution in [0, 0.1) is 12.8 Å². The Morgan fingerprint density at radius 3 is 2.54 bits per heavy atom. The van der Waals surface area contributed by atoms with Gasteiger partial charge in [0.25, 0.3) is 11.8 Å². The van der Waals surface area contributed by atoms with E-state index in [2.05, 4.69) is 20.5 Å². The number of nitrogens with one attached hydrogen (secondary N) is 3. The summed E-state index contributed by atoms with van der Waals surface area (Å²) in [7, 11) is 0.766. The number of benzene rings is 1. The second-order valence-electron chi connectivity index (χ2n) is 17.8. The summed E-state index contributed by atoms with van der Waals surface area (Å²) in [4.78, 5) is 77.2. The number of carbonyl (C=O) groups excluding carboxylic acids is 5. The first-order chi connectivity index (χ1) is 29.8. The monoisotopic (exact) mass is 890 g/mol. The zero-order valence-electron chi connectivity index (χ0n) is 36.9. The molecule has 18 nitrogen and oxygen atoms in total. The van der Waals surface area contributed by atoms with Crippen molar-refractivity contribution in [1.82, 2.24) is 39.9 Å². The predicted octanol–water partition coefficient (Wildman–Crippen LogP) is 3.16. The molecule has 1 saturated heterocycles. The van der Waals surface area contributed by atoms with Gasteiger partial charge in [0.2, 0.25) is 33.6 Å². The number of pyridine rings is 1. The topological polar surface area (TPSA) is 220 Å². The maximum atomic E-state index is 14.9. The highest BCUT2D eigenvalue weighted by molar-refractivity contribution is 7.91. The Bertz CT molecular complexity index is 2430. The van der Waals surface area contributed by atoms with Crippen molar-refractivity contribution in [2.24, 2.45) is 5.92 Å². The van der Waals surface area contributed by atoms with Crippen LogP contribution in [0.5, 0.6) is 17.4 Å². The van der Waals surface area contributed by atoms with Crippen molar-refractivity contribution in [2.45, 2.75) is 127 Å².